The normalized spacial score (nSPS) is 13.3. The predicted octanol–water partition coefficient (Wildman–Crippen LogP) is 3.94. The smallest absolute Gasteiger partial charge is 0.258 e. The van der Waals surface area contributed by atoms with Crippen LogP contribution >= 0.6 is 11.6 Å². The SMILES string of the molecule is N#Cc1c(NC(=O)c2ccc(Cl)cc2)oc2c1CCCC2. The number of nitrogens with zero attached hydrogens (tertiary/aromatic N) is 1. The number of carbonyl (C=O) groups excluding carboxylic acids is 1. The Morgan fingerprint density at radius 1 is 1.24 bits per heavy atom. The van der Waals surface area contributed by atoms with Crippen molar-refractivity contribution in [2.75, 3.05) is 5.32 Å². The van der Waals surface area contributed by atoms with E-state index in [9.17, 15) is 10.1 Å². The van der Waals surface area contributed by atoms with Crippen molar-refractivity contribution in [1.82, 2.24) is 0 Å². The van der Waals surface area contributed by atoms with Crippen molar-refractivity contribution in [2.24, 2.45) is 0 Å². The molecule has 106 valence electrons. The van der Waals surface area contributed by atoms with Gasteiger partial charge in [0.25, 0.3) is 5.91 Å². The minimum absolute atomic E-state index is 0.254. The van der Waals surface area contributed by atoms with E-state index in [0.29, 0.717) is 16.1 Å². The van der Waals surface area contributed by atoms with E-state index in [1.54, 1.807) is 24.3 Å². The standard InChI is InChI=1S/C16H13ClN2O2/c17-11-7-5-10(6-8-11)15(20)19-16-13(9-18)12-3-1-2-4-14(12)21-16/h5-8H,1-4H2,(H,19,20). The first-order valence-corrected chi connectivity index (χ1v) is 7.18. The van der Waals surface area contributed by atoms with Crippen molar-refractivity contribution >= 4 is 23.4 Å². The van der Waals surface area contributed by atoms with Gasteiger partial charge in [0.1, 0.15) is 17.4 Å². The van der Waals surface area contributed by atoms with Crippen molar-refractivity contribution in [3.8, 4) is 6.07 Å². The summed E-state index contributed by atoms with van der Waals surface area (Å²) in [4.78, 5) is 12.2. The maximum absolute atomic E-state index is 12.2. The summed E-state index contributed by atoms with van der Waals surface area (Å²) in [7, 11) is 0. The summed E-state index contributed by atoms with van der Waals surface area (Å²) in [5, 5.41) is 12.6. The molecule has 0 atom stereocenters. The van der Waals surface area contributed by atoms with Gasteiger partial charge in [-0.25, -0.2) is 0 Å². The molecular weight excluding hydrogens is 288 g/mol. The van der Waals surface area contributed by atoms with E-state index >= 15 is 0 Å². The third-order valence-electron chi connectivity index (χ3n) is 3.62. The van der Waals surface area contributed by atoms with Gasteiger partial charge in [-0.3, -0.25) is 10.1 Å². The number of amides is 1. The summed E-state index contributed by atoms with van der Waals surface area (Å²) in [5.41, 5.74) is 1.86. The highest BCUT2D eigenvalue weighted by atomic mass is 35.5. The van der Waals surface area contributed by atoms with Gasteiger partial charge in [0.05, 0.1) is 0 Å². The molecule has 1 aliphatic carbocycles. The maximum Gasteiger partial charge on any atom is 0.258 e. The molecule has 1 aliphatic rings. The van der Waals surface area contributed by atoms with Crippen molar-refractivity contribution in [2.45, 2.75) is 25.7 Å². The van der Waals surface area contributed by atoms with Crippen molar-refractivity contribution < 1.29 is 9.21 Å². The zero-order valence-corrected chi connectivity index (χ0v) is 12.0. The molecule has 0 fully saturated rings. The molecule has 0 bridgehead atoms. The molecule has 0 unspecified atom stereocenters. The van der Waals surface area contributed by atoms with E-state index in [1.165, 1.54) is 0 Å². The molecule has 0 saturated heterocycles. The summed E-state index contributed by atoms with van der Waals surface area (Å²) in [6, 6.07) is 8.70. The van der Waals surface area contributed by atoms with Crippen LogP contribution in [0, 0.1) is 11.3 Å². The number of benzene rings is 1. The first-order chi connectivity index (χ1) is 10.2. The molecule has 1 aromatic carbocycles. The lowest BCUT2D eigenvalue weighted by Crippen LogP contribution is -2.12. The third kappa shape index (κ3) is 2.65. The zero-order valence-electron chi connectivity index (χ0n) is 11.3. The minimum atomic E-state index is -0.311. The quantitative estimate of drug-likeness (QED) is 0.913. The van der Waals surface area contributed by atoms with Crippen LogP contribution < -0.4 is 5.32 Å². The molecule has 0 aliphatic heterocycles. The van der Waals surface area contributed by atoms with E-state index in [-0.39, 0.29) is 11.8 Å². The average molecular weight is 301 g/mol. The van der Waals surface area contributed by atoms with Gasteiger partial charge in [-0.2, -0.15) is 5.26 Å². The Kier molecular flexibility index (Phi) is 3.68. The topological polar surface area (TPSA) is 66.0 Å². The molecule has 1 heterocycles. The van der Waals surface area contributed by atoms with Crippen LogP contribution in [-0.2, 0) is 12.8 Å². The van der Waals surface area contributed by atoms with Crippen LogP contribution in [0.15, 0.2) is 28.7 Å². The van der Waals surface area contributed by atoms with Gasteiger partial charge in [-0.05, 0) is 43.5 Å². The molecule has 4 nitrogen and oxygen atoms in total. The molecule has 1 N–H and O–H groups in total. The van der Waals surface area contributed by atoms with E-state index in [2.05, 4.69) is 11.4 Å². The monoisotopic (exact) mass is 300 g/mol. The maximum atomic E-state index is 12.2. The van der Waals surface area contributed by atoms with Gasteiger partial charge < -0.3 is 4.42 Å². The summed E-state index contributed by atoms with van der Waals surface area (Å²) in [5.74, 6) is 0.766. The second kappa shape index (κ2) is 5.63. The lowest BCUT2D eigenvalue weighted by molar-refractivity contribution is 0.102. The van der Waals surface area contributed by atoms with Gasteiger partial charge in [0, 0.05) is 22.6 Å². The molecule has 0 spiro atoms. The number of furan rings is 1. The molecule has 2 aromatic rings. The van der Waals surface area contributed by atoms with Crippen LogP contribution in [0.25, 0.3) is 0 Å². The van der Waals surface area contributed by atoms with E-state index < -0.39 is 0 Å². The predicted molar refractivity (Wildman–Crippen MR) is 79.5 cm³/mol. The number of anilines is 1. The number of aryl methyl sites for hydroxylation is 1. The number of halogens is 1. The molecular formula is C16H13ClN2O2. The van der Waals surface area contributed by atoms with Crippen molar-refractivity contribution in [1.29, 1.82) is 5.26 Å². The van der Waals surface area contributed by atoms with Crippen LogP contribution in [0.5, 0.6) is 0 Å². The number of carbonyl (C=O) groups is 1. The Morgan fingerprint density at radius 3 is 2.67 bits per heavy atom. The second-order valence-electron chi connectivity index (χ2n) is 4.99. The fraction of sp³-hybridized carbons (Fsp3) is 0.250. The number of rotatable bonds is 2. The third-order valence-corrected chi connectivity index (χ3v) is 3.87. The first kappa shape index (κ1) is 13.7. The van der Waals surface area contributed by atoms with Gasteiger partial charge in [-0.15, -0.1) is 0 Å². The Morgan fingerprint density at radius 2 is 1.95 bits per heavy atom. The molecule has 21 heavy (non-hydrogen) atoms. The highest BCUT2D eigenvalue weighted by Crippen LogP contribution is 2.32. The number of fused-ring (bicyclic) bond motifs is 1. The summed E-state index contributed by atoms with van der Waals surface area (Å²) < 4.78 is 5.66. The summed E-state index contributed by atoms with van der Waals surface area (Å²) in [6.45, 7) is 0. The molecule has 0 radical (unpaired) electrons. The molecule has 0 saturated carbocycles. The average Bonchev–Trinajstić information content (AvgIpc) is 2.84. The van der Waals surface area contributed by atoms with Crippen LogP contribution in [0.2, 0.25) is 5.02 Å². The number of hydrogen-bond acceptors (Lipinski definition) is 3. The molecule has 1 aromatic heterocycles. The zero-order chi connectivity index (χ0) is 14.8. The fourth-order valence-electron chi connectivity index (χ4n) is 2.55. The van der Waals surface area contributed by atoms with E-state index in [4.69, 9.17) is 16.0 Å². The first-order valence-electron chi connectivity index (χ1n) is 6.80. The number of hydrogen-bond donors (Lipinski definition) is 1. The van der Waals surface area contributed by atoms with Crippen LogP contribution in [-0.4, -0.2) is 5.91 Å². The molecule has 3 rings (SSSR count). The van der Waals surface area contributed by atoms with Gasteiger partial charge in [0.15, 0.2) is 0 Å². The summed E-state index contributed by atoms with van der Waals surface area (Å²) in [6.07, 6.45) is 3.75. The van der Waals surface area contributed by atoms with Crippen LogP contribution in [0.1, 0.15) is 40.1 Å². The van der Waals surface area contributed by atoms with Crippen molar-refractivity contribution in [3.63, 3.8) is 0 Å². The Hall–Kier alpha value is -2.25. The van der Waals surface area contributed by atoms with E-state index in [1.807, 2.05) is 0 Å². The van der Waals surface area contributed by atoms with Crippen LogP contribution in [0.3, 0.4) is 0 Å². The highest BCUT2D eigenvalue weighted by molar-refractivity contribution is 6.30. The van der Waals surface area contributed by atoms with Gasteiger partial charge in [0.2, 0.25) is 5.88 Å². The minimum Gasteiger partial charge on any atom is -0.444 e. The molecule has 1 amide bonds. The second-order valence-corrected chi connectivity index (χ2v) is 5.42. The van der Waals surface area contributed by atoms with Gasteiger partial charge in [-0.1, -0.05) is 11.6 Å². The lowest BCUT2D eigenvalue weighted by Gasteiger charge is -2.07. The highest BCUT2D eigenvalue weighted by Gasteiger charge is 2.23. The largest absolute Gasteiger partial charge is 0.444 e. The lowest BCUT2D eigenvalue weighted by atomic mass is 9.96. The number of nitriles is 1. The summed E-state index contributed by atoms with van der Waals surface area (Å²) >= 11 is 5.80. The Balaban J connectivity index is 1.88. The van der Waals surface area contributed by atoms with Crippen molar-refractivity contribution in [3.05, 3.63) is 51.7 Å². The molecule has 5 heteroatoms. The van der Waals surface area contributed by atoms with Crippen LogP contribution in [0.4, 0.5) is 5.88 Å². The Bertz CT molecular complexity index is 726. The number of nitrogens with one attached hydrogen (secondary N) is 1. The fourth-order valence-corrected chi connectivity index (χ4v) is 2.67. The van der Waals surface area contributed by atoms with E-state index in [0.717, 1.165) is 37.0 Å². The van der Waals surface area contributed by atoms with Gasteiger partial charge >= 0.3 is 0 Å². The Labute approximate surface area is 127 Å².